The van der Waals surface area contributed by atoms with Gasteiger partial charge in [0.2, 0.25) is 5.95 Å². The van der Waals surface area contributed by atoms with E-state index >= 15 is 0 Å². The van der Waals surface area contributed by atoms with Crippen LogP contribution in [0.5, 0.6) is 5.75 Å². The molecular weight excluding hydrogens is 270 g/mol. The molecule has 4 N–H and O–H groups in total. The van der Waals surface area contributed by atoms with Crippen LogP contribution in [0, 0.1) is 0 Å². The number of carbonyl (C=O) groups excluding carboxylic acids is 1. The number of phenols is 1. The molecule has 0 aliphatic heterocycles. The van der Waals surface area contributed by atoms with Gasteiger partial charge in [0.15, 0.2) is 0 Å². The number of pyridine rings is 1. The second-order valence-electron chi connectivity index (χ2n) is 4.42. The zero-order valence-corrected chi connectivity index (χ0v) is 11.0. The van der Waals surface area contributed by atoms with Crippen molar-refractivity contribution < 1.29 is 9.90 Å². The summed E-state index contributed by atoms with van der Waals surface area (Å²) in [6.45, 7) is 0.327. The second-order valence-corrected chi connectivity index (χ2v) is 4.42. The number of aromatic amines is 1. The molecule has 7 nitrogen and oxygen atoms in total. The van der Waals surface area contributed by atoms with Gasteiger partial charge in [0.1, 0.15) is 5.75 Å². The number of fused-ring (bicyclic) bond motifs is 1. The van der Waals surface area contributed by atoms with Crippen molar-refractivity contribution in [2.75, 3.05) is 5.32 Å². The molecule has 0 unspecified atom stereocenters. The molecule has 0 spiro atoms. The maximum atomic E-state index is 11.8. The molecule has 3 rings (SSSR count). The number of hydrogen-bond donors (Lipinski definition) is 4. The number of benzene rings is 1. The Labute approximate surface area is 120 Å². The molecule has 7 heteroatoms. The summed E-state index contributed by atoms with van der Waals surface area (Å²) in [7, 11) is 0. The van der Waals surface area contributed by atoms with Crippen LogP contribution in [0.15, 0.2) is 42.6 Å². The molecular formula is C14H13N5O2. The minimum atomic E-state index is -0.385. The third-order valence-corrected chi connectivity index (χ3v) is 2.85. The molecule has 106 valence electrons. The summed E-state index contributed by atoms with van der Waals surface area (Å²) in [6, 6.07) is 9.85. The number of H-pyrrole nitrogens is 1. The third kappa shape index (κ3) is 3.08. The molecule has 2 heterocycles. The Balaban J connectivity index is 1.63. The topological polar surface area (TPSA) is 103 Å². The first-order chi connectivity index (χ1) is 10.2. The van der Waals surface area contributed by atoms with Gasteiger partial charge in [0.25, 0.3) is 0 Å². The minimum absolute atomic E-state index is 0.136. The van der Waals surface area contributed by atoms with E-state index in [1.54, 1.807) is 18.3 Å². The van der Waals surface area contributed by atoms with Gasteiger partial charge in [-0.05, 0) is 24.3 Å². The van der Waals surface area contributed by atoms with Gasteiger partial charge in [-0.3, -0.25) is 10.3 Å². The summed E-state index contributed by atoms with van der Waals surface area (Å²) >= 11 is 0. The van der Waals surface area contributed by atoms with Gasteiger partial charge in [-0.1, -0.05) is 6.07 Å². The van der Waals surface area contributed by atoms with Gasteiger partial charge in [0.05, 0.1) is 23.3 Å². The summed E-state index contributed by atoms with van der Waals surface area (Å²) < 4.78 is 0. The van der Waals surface area contributed by atoms with Crippen LogP contribution in [0.1, 0.15) is 5.69 Å². The van der Waals surface area contributed by atoms with Gasteiger partial charge in [-0.2, -0.15) is 0 Å². The summed E-state index contributed by atoms with van der Waals surface area (Å²) in [5.41, 5.74) is 2.07. The highest BCUT2D eigenvalue weighted by atomic mass is 16.3. The zero-order chi connectivity index (χ0) is 14.7. The highest BCUT2D eigenvalue weighted by Gasteiger charge is 2.07. The first-order valence-corrected chi connectivity index (χ1v) is 6.34. The monoisotopic (exact) mass is 283 g/mol. The average Bonchev–Trinajstić information content (AvgIpc) is 2.87. The number of aromatic hydroxyl groups is 1. The van der Waals surface area contributed by atoms with E-state index in [2.05, 4.69) is 25.6 Å². The van der Waals surface area contributed by atoms with Crippen LogP contribution in [0.2, 0.25) is 0 Å². The van der Waals surface area contributed by atoms with E-state index in [-0.39, 0.29) is 11.8 Å². The summed E-state index contributed by atoms with van der Waals surface area (Å²) in [4.78, 5) is 23.0. The fraction of sp³-hybridized carbons (Fsp3) is 0.0714. The predicted molar refractivity (Wildman–Crippen MR) is 77.9 cm³/mol. The van der Waals surface area contributed by atoms with Crippen LogP contribution in [-0.2, 0) is 6.54 Å². The number of rotatable bonds is 3. The SMILES string of the molecule is O=C(NCc1ccccn1)Nc1nc2ccc(O)cc2[nH]1. The number of amides is 2. The van der Waals surface area contributed by atoms with Crippen molar-refractivity contribution >= 4 is 23.0 Å². The molecule has 2 amide bonds. The normalized spacial score (nSPS) is 10.5. The minimum Gasteiger partial charge on any atom is -0.508 e. The van der Waals surface area contributed by atoms with Crippen molar-refractivity contribution in [3.8, 4) is 5.75 Å². The molecule has 0 radical (unpaired) electrons. The lowest BCUT2D eigenvalue weighted by atomic mass is 10.3. The zero-order valence-electron chi connectivity index (χ0n) is 11.0. The molecule has 0 saturated carbocycles. The fourth-order valence-corrected chi connectivity index (χ4v) is 1.88. The van der Waals surface area contributed by atoms with E-state index in [1.165, 1.54) is 6.07 Å². The number of urea groups is 1. The molecule has 0 saturated heterocycles. The smallest absolute Gasteiger partial charge is 0.321 e. The van der Waals surface area contributed by atoms with Gasteiger partial charge in [0, 0.05) is 12.3 Å². The molecule has 3 aromatic rings. The van der Waals surface area contributed by atoms with Crippen molar-refractivity contribution in [2.24, 2.45) is 0 Å². The largest absolute Gasteiger partial charge is 0.508 e. The molecule has 0 aliphatic rings. The number of anilines is 1. The first kappa shape index (κ1) is 12.9. The Hall–Kier alpha value is -3.09. The van der Waals surface area contributed by atoms with Gasteiger partial charge in [-0.15, -0.1) is 0 Å². The Kier molecular flexibility index (Phi) is 3.38. The van der Waals surface area contributed by atoms with Crippen LogP contribution >= 0.6 is 0 Å². The fourth-order valence-electron chi connectivity index (χ4n) is 1.88. The van der Waals surface area contributed by atoms with Crippen LogP contribution in [0.25, 0.3) is 11.0 Å². The number of phenolic OH excluding ortho intramolecular Hbond substituents is 1. The molecule has 21 heavy (non-hydrogen) atoms. The highest BCUT2D eigenvalue weighted by Crippen LogP contribution is 2.19. The van der Waals surface area contributed by atoms with Gasteiger partial charge in [-0.25, -0.2) is 9.78 Å². The Morgan fingerprint density at radius 1 is 1.29 bits per heavy atom. The van der Waals surface area contributed by atoms with Crippen LogP contribution < -0.4 is 10.6 Å². The maximum absolute atomic E-state index is 11.8. The van der Waals surface area contributed by atoms with E-state index < -0.39 is 0 Å². The molecule has 0 bridgehead atoms. The number of imidazole rings is 1. The lowest BCUT2D eigenvalue weighted by molar-refractivity contribution is 0.251. The van der Waals surface area contributed by atoms with Crippen molar-refractivity contribution in [3.63, 3.8) is 0 Å². The Morgan fingerprint density at radius 3 is 3.00 bits per heavy atom. The standard InChI is InChI=1S/C14H13N5O2/c20-10-4-5-11-12(7-10)18-13(17-11)19-14(21)16-8-9-3-1-2-6-15-9/h1-7,20H,8H2,(H3,16,17,18,19,21). The van der Waals surface area contributed by atoms with Crippen molar-refractivity contribution in [3.05, 3.63) is 48.3 Å². The van der Waals surface area contributed by atoms with E-state index in [0.717, 1.165) is 5.69 Å². The third-order valence-electron chi connectivity index (χ3n) is 2.85. The second kappa shape index (κ2) is 5.49. The summed E-state index contributed by atoms with van der Waals surface area (Å²) in [6.07, 6.45) is 1.67. The maximum Gasteiger partial charge on any atom is 0.321 e. The van der Waals surface area contributed by atoms with Gasteiger partial charge >= 0.3 is 6.03 Å². The molecule has 1 aromatic carbocycles. The average molecular weight is 283 g/mol. The van der Waals surface area contributed by atoms with E-state index in [4.69, 9.17) is 0 Å². The van der Waals surface area contributed by atoms with Crippen LogP contribution in [0.4, 0.5) is 10.7 Å². The molecule has 0 atom stereocenters. The first-order valence-electron chi connectivity index (χ1n) is 6.34. The number of hydrogen-bond acceptors (Lipinski definition) is 4. The van der Waals surface area contributed by atoms with Crippen molar-refractivity contribution in [2.45, 2.75) is 6.54 Å². The van der Waals surface area contributed by atoms with Crippen molar-refractivity contribution in [1.29, 1.82) is 0 Å². The van der Waals surface area contributed by atoms with E-state index in [1.807, 2.05) is 18.2 Å². The van der Waals surface area contributed by atoms with Crippen LogP contribution in [-0.4, -0.2) is 26.1 Å². The van der Waals surface area contributed by atoms with E-state index in [9.17, 15) is 9.90 Å². The Morgan fingerprint density at radius 2 is 2.19 bits per heavy atom. The quantitative estimate of drug-likeness (QED) is 0.590. The summed E-state index contributed by atoms with van der Waals surface area (Å²) in [5, 5.41) is 14.7. The predicted octanol–water partition coefficient (Wildman–Crippen LogP) is 1.99. The van der Waals surface area contributed by atoms with Crippen molar-refractivity contribution in [1.82, 2.24) is 20.3 Å². The highest BCUT2D eigenvalue weighted by molar-refractivity contribution is 5.89. The Bertz CT molecular complexity index is 769. The number of nitrogens with zero attached hydrogens (tertiary/aromatic N) is 2. The lowest BCUT2D eigenvalue weighted by Crippen LogP contribution is -2.28. The van der Waals surface area contributed by atoms with E-state index in [0.29, 0.717) is 23.5 Å². The van der Waals surface area contributed by atoms with Crippen LogP contribution in [0.3, 0.4) is 0 Å². The molecule has 0 fully saturated rings. The number of aromatic nitrogens is 3. The molecule has 0 aliphatic carbocycles. The number of nitrogens with one attached hydrogen (secondary N) is 3. The lowest BCUT2D eigenvalue weighted by Gasteiger charge is -2.04. The summed E-state index contributed by atoms with van der Waals surface area (Å²) in [5.74, 6) is 0.450. The molecule has 2 aromatic heterocycles. The number of carbonyl (C=O) groups is 1. The van der Waals surface area contributed by atoms with Gasteiger partial charge < -0.3 is 15.4 Å².